The summed E-state index contributed by atoms with van der Waals surface area (Å²) in [7, 11) is 0. The van der Waals surface area contributed by atoms with Gasteiger partial charge >= 0.3 is 5.97 Å². The van der Waals surface area contributed by atoms with Gasteiger partial charge in [0, 0.05) is 6.42 Å². The normalized spacial score (nSPS) is 24.5. The number of hydrogen-bond acceptors (Lipinski definition) is 3. The van der Waals surface area contributed by atoms with Crippen molar-refractivity contribution in [1.29, 1.82) is 0 Å². The first kappa shape index (κ1) is 11.1. The van der Waals surface area contributed by atoms with Gasteiger partial charge in [0.25, 0.3) is 0 Å². The van der Waals surface area contributed by atoms with E-state index >= 15 is 0 Å². The Kier molecular flexibility index (Phi) is 3.54. The Morgan fingerprint density at radius 2 is 2.12 bits per heavy atom. The monoisotopic (exact) mass is 222 g/mol. The molecule has 1 saturated heterocycles. The van der Waals surface area contributed by atoms with Crippen LogP contribution in [-0.2, 0) is 20.7 Å². The predicted molar refractivity (Wildman–Crippen MR) is 57.0 cm³/mol. The van der Waals surface area contributed by atoms with Gasteiger partial charge in [0.05, 0.1) is 19.1 Å². The van der Waals surface area contributed by atoms with Crippen molar-refractivity contribution < 1.29 is 19.4 Å². The van der Waals surface area contributed by atoms with Crippen molar-refractivity contribution in [1.82, 2.24) is 0 Å². The van der Waals surface area contributed by atoms with Gasteiger partial charge in [-0.15, -0.1) is 0 Å². The lowest BCUT2D eigenvalue weighted by Gasteiger charge is -2.10. The smallest absolute Gasteiger partial charge is 0.306 e. The van der Waals surface area contributed by atoms with E-state index in [2.05, 4.69) is 0 Å². The number of hydrogen-bond donors (Lipinski definition) is 1. The van der Waals surface area contributed by atoms with Crippen LogP contribution in [0.4, 0.5) is 0 Å². The van der Waals surface area contributed by atoms with E-state index in [0.29, 0.717) is 13.0 Å². The number of rotatable bonds is 4. The highest BCUT2D eigenvalue weighted by Crippen LogP contribution is 2.18. The topological polar surface area (TPSA) is 55.8 Å². The van der Waals surface area contributed by atoms with Crippen molar-refractivity contribution in [2.75, 3.05) is 6.61 Å². The zero-order valence-electron chi connectivity index (χ0n) is 8.83. The zero-order valence-corrected chi connectivity index (χ0v) is 8.83. The molecule has 86 valence electrons. The van der Waals surface area contributed by atoms with Gasteiger partial charge in [0.2, 0.25) is 0 Å². The average molecular weight is 222 g/mol. The summed E-state index contributed by atoms with van der Waals surface area (Å²) in [5, 5.41) is 8.61. The van der Waals surface area contributed by atoms with E-state index in [0.717, 1.165) is 5.56 Å². The predicted octanol–water partition coefficient (Wildman–Crippen LogP) is 1.45. The molecule has 0 aromatic heterocycles. The van der Waals surface area contributed by atoms with E-state index in [1.54, 1.807) is 0 Å². The van der Waals surface area contributed by atoms with Gasteiger partial charge in [0.15, 0.2) is 6.29 Å². The molecule has 4 nitrogen and oxygen atoms in total. The van der Waals surface area contributed by atoms with Crippen LogP contribution in [0.1, 0.15) is 12.0 Å². The third-order valence-electron chi connectivity index (χ3n) is 2.46. The number of benzene rings is 1. The van der Waals surface area contributed by atoms with Gasteiger partial charge in [0.1, 0.15) is 0 Å². The van der Waals surface area contributed by atoms with Gasteiger partial charge in [-0.2, -0.15) is 0 Å². The highest BCUT2D eigenvalue weighted by atomic mass is 16.7. The van der Waals surface area contributed by atoms with Crippen molar-refractivity contribution in [2.45, 2.75) is 25.2 Å². The Bertz CT molecular complexity index is 349. The Morgan fingerprint density at radius 1 is 1.38 bits per heavy atom. The average Bonchev–Trinajstić information content (AvgIpc) is 2.66. The van der Waals surface area contributed by atoms with E-state index < -0.39 is 5.97 Å². The second kappa shape index (κ2) is 5.09. The van der Waals surface area contributed by atoms with Crippen molar-refractivity contribution in [3.8, 4) is 0 Å². The number of ether oxygens (including phenoxy) is 2. The van der Waals surface area contributed by atoms with Crippen molar-refractivity contribution in [3.63, 3.8) is 0 Å². The SMILES string of the molecule is O=C(O)CC1COC(Cc2ccccc2)O1. The first-order valence-corrected chi connectivity index (χ1v) is 5.27. The van der Waals surface area contributed by atoms with Crippen molar-refractivity contribution >= 4 is 5.97 Å². The molecule has 1 aliphatic rings. The van der Waals surface area contributed by atoms with Gasteiger partial charge in [-0.3, -0.25) is 4.79 Å². The summed E-state index contributed by atoms with van der Waals surface area (Å²) in [6.07, 6.45) is 0.0420. The molecule has 1 heterocycles. The minimum atomic E-state index is -0.853. The van der Waals surface area contributed by atoms with E-state index in [-0.39, 0.29) is 18.8 Å². The highest BCUT2D eigenvalue weighted by molar-refractivity contribution is 5.67. The van der Waals surface area contributed by atoms with E-state index in [4.69, 9.17) is 14.6 Å². The molecule has 0 bridgehead atoms. The largest absolute Gasteiger partial charge is 0.481 e. The molecule has 0 amide bonds. The number of aliphatic carboxylic acids is 1. The van der Waals surface area contributed by atoms with Crippen LogP contribution < -0.4 is 0 Å². The van der Waals surface area contributed by atoms with Crippen LogP contribution in [0.3, 0.4) is 0 Å². The lowest BCUT2D eigenvalue weighted by molar-refractivity contribution is -0.140. The molecule has 0 radical (unpaired) electrons. The molecule has 0 saturated carbocycles. The molecule has 16 heavy (non-hydrogen) atoms. The Labute approximate surface area is 93.8 Å². The molecule has 4 heteroatoms. The molecule has 1 fully saturated rings. The van der Waals surface area contributed by atoms with E-state index in [1.165, 1.54) is 0 Å². The maximum Gasteiger partial charge on any atom is 0.306 e. The van der Waals surface area contributed by atoms with Crippen LogP contribution in [0.15, 0.2) is 30.3 Å². The number of carbonyl (C=O) groups is 1. The molecule has 1 aromatic carbocycles. The summed E-state index contributed by atoms with van der Waals surface area (Å²) in [4.78, 5) is 10.5. The lowest BCUT2D eigenvalue weighted by Crippen LogP contribution is -2.17. The molecule has 1 N–H and O–H groups in total. The van der Waals surface area contributed by atoms with Gasteiger partial charge < -0.3 is 14.6 Å². The second-order valence-corrected chi connectivity index (χ2v) is 3.81. The maximum absolute atomic E-state index is 10.5. The molecule has 0 aliphatic carbocycles. The Balaban J connectivity index is 1.83. The first-order chi connectivity index (χ1) is 7.74. The molecule has 2 unspecified atom stereocenters. The second-order valence-electron chi connectivity index (χ2n) is 3.81. The fourth-order valence-electron chi connectivity index (χ4n) is 1.72. The first-order valence-electron chi connectivity index (χ1n) is 5.27. The number of carboxylic acid groups (broad SMARTS) is 1. The minimum Gasteiger partial charge on any atom is -0.481 e. The summed E-state index contributed by atoms with van der Waals surface area (Å²) in [5.41, 5.74) is 1.13. The molecular formula is C12H14O4. The van der Waals surface area contributed by atoms with Gasteiger partial charge in [-0.05, 0) is 5.56 Å². The quantitative estimate of drug-likeness (QED) is 0.837. The zero-order chi connectivity index (χ0) is 11.4. The Morgan fingerprint density at radius 3 is 2.81 bits per heavy atom. The van der Waals surface area contributed by atoms with Crippen LogP contribution >= 0.6 is 0 Å². The van der Waals surface area contributed by atoms with Crippen LogP contribution in [0.2, 0.25) is 0 Å². The molecular weight excluding hydrogens is 208 g/mol. The Hall–Kier alpha value is -1.39. The fraction of sp³-hybridized carbons (Fsp3) is 0.417. The third kappa shape index (κ3) is 3.05. The minimum absolute atomic E-state index is 0.00525. The maximum atomic E-state index is 10.5. The highest BCUT2D eigenvalue weighted by Gasteiger charge is 2.27. The van der Waals surface area contributed by atoms with E-state index in [1.807, 2.05) is 30.3 Å². The molecule has 1 aliphatic heterocycles. The molecule has 1 aromatic rings. The number of carboxylic acids is 1. The van der Waals surface area contributed by atoms with Gasteiger partial charge in [-0.25, -0.2) is 0 Å². The fourth-order valence-corrected chi connectivity index (χ4v) is 1.72. The molecule has 2 rings (SSSR count). The van der Waals surface area contributed by atoms with Crippen LogP contribution in [0.5, 0.6) is 0 Å². The molecule has 2 atom stereocenters. The van der Waals surface area contributed by atoms with Crippen molar-refractivity contribution in [3.05, 3.63) is 35.9 Å². The third-order valence-corrected chi connectivity index (χ3v) is 2.46. The summed E-state index contributed by atoms with van der Waals surface area (Å²) in [6.45, 7) is 0.365. The van der Waals surface area contributed by atoms with E-state index in [9.17, 15) is 4.79 Å². The van der Waals surface area contributed by atoms with Crippen LogP contribution in [0.25, 0.3) is 0 Å². The van der Waals surface area contributed by atoms with Crippen molar-refractivity contribution in [2.24, 2.45) is 0 Å². The summed E-state index contributed by atoms with van der Waals surface area (Å²) in [5.74, 6) is -0.853. The summed E-state index contributed by atoms with van der Waals surface area (Å²) < 4.78 is 10.9. The van der Waals surface area contributed by atoms with Crippen LogP contribution in [0, 0.1) is 0 Å². The lowest BCUT2D eigenvalue weighted by atomic mass is 10.1. The summed E-state index contributed by atoms with van der Waals surface area (Å²) >= 11 is 0. The standard InChI is InChI=1S/C12H14O4/c13-11(14)7-10-8-15-12(16-10)6-9-4-2-1-3-5-9/h1-5,10,12H,6-8H2,(H,13,14). The molecule has 0 spiro atoms. The van der Waals surface area contributed by atoms with Gasteiger partial charge in [-0.1, -0.05) is 30.3 Å². The summed E-state index contributed by atoms with van der Waals surface area (Å²) in [6, 6.07) is 9.86. The van der Waals surface area contributed by atoms with Crippen LogP contribution in [-0.4, -0.2) is 30.1 Å².